The molecular formula is C13H16N2. The smallest absolute Gasteiger partial charge is 0.0568 e. The van der Waals surface area contributed by atoms with Crippen molar-refractivity contribution in [2.75, 3.05) is 0 Å². The van der Waals surface area contributed by atoms with E-state index in [1.807, 2.05) is 24.1 Å². The van der Waals surface area contributed by atoms with E-state index in [4.69, 9.17) is 0 Å². The number of hydrogen-bond donors (Lipinski definition) is 0. The molecule has 0 saturated carbocycles. The van der Waals surface area contributed by atoms with Crippen molar-refractivity contribution < 1.29 is 0 Å². The van der Waals surface area contributed by atoms with Crippen LogP contribution in [0.1, 0.15) is 18.1 Å². The van der Waals surface area contributed by atoms with E-state index < -0.39 is 0 Å². The summed E-state index contributed by atoms with van der Waals surface area (Å²) in [6.45, 7) is 4.35. The van der Waals surface area contributed by atoms with Crippen molar-refractivity contribution >= 4 is 0 Å². The molecule has 1 heterocycles. The van der Waals surface area contributed by atoms with Crippen LogP contribution in [-0.2, 0) is 13.5 Å². The summed E-state index contributed by atoms with van der Waals surface area (Å²) in [5.41, 5.74) is 5.21. The lowest BCUT2D eigenvalue weighted by Crippen LogP contribution is -1.87. The average molecular weight is 200 g/mol. The van der Waals surface area contributed by atoms with E-state index in [0.717, 1.165) is 6.42 Å². The van der Waals surface area contributed by atoms with Crippen LogP contribution in [-0.4, -0.2) is 9.78 Å². The highest BCUT2D eigenvalue weighted by atomic mass is 15.2. The molecule has 2 aromatic rings. The minimum atomic E-state index is 1.10. The van der Waals surface area contributed by atoms with Gasteiger partial charge in [-0.3, -0.25) is 4.68 Å². The van der Waals surface area contributed by atoms with Gasteiger partial charge in [-0.1, -0.05) is 25.1 Å². The number of nitrogens with zero attached hydrogens (tertiary/aromatic N) is 2. The molecule has 0 amide bonds. The minimum Gasteiger partial charge on any atom is -0.275 e. The first-order valence-electron chi connectivity index (χ1n) is 5.29. The van der Waals surface area contributed by atoms with Crippen LogP contribution in [0.5, 0.6) is 0 Å². The molecule has 0 unspecified atom stereocenters. The summed E-state index contributed by atoms with van der Waals surface area (Å²) >= 11 is 0. The van der Waals surface area contributed by atoms with Gasteiger partial charge < -0.3 is 0 Å². The van der Waals surface area contributed by atoms with Gasteiger partial charge in [0, 0.05) is 18.8 Å². The van der Waals surface area contributed by atoms with E-state index in [1.54, 1.807) is 0 Å². The van der Waals surface area contributed by atoms with Crippen LogP contribution in [0.2, 0.25) is 0 Å². The quantitative estimate of drug-likeness (QED) is 0.728. The number of benzene rings is 1. The van der Waals surface area contributed by atoms with Gasteiger partial charge in [-0.05, 0) is 30.0 Å². The molecule has 0 saturated heterocycles. The number of rotatable bonds is 2. The number of aromatic nitrogens is 2. The zero-order valence-electron chi connectivity index (χ0n) is 9.49. The van der Waals surface area contributed by atoms with Crippen molar-refractivity contribution in [3.05, 3.63) is 41.7 Å². The fourth-order valence-corrected chi connectivity index (χ4v) is 1.84. The zero-order chi connectivity index (χ0) is 10.8. The monoisotopic (exact) mass is 200 g/mol. The molecule has 1 aromatic carbocycles. The SMILES string of the molecule is CCc1ccc(-c2cnn(C)c2)cc1C. The Kier molecular flexibility index (Phi) is 2.58. The largest absolute Gasteiger partial charge is 0.275 e. The Labute approximate surface area is 90.6 Å². The fourth-order valence-electron chi connectivity index (χ4n) is 1.84. The third kappa shape index (κ3) is 1.94. The summed E-state index contributed by atoms with van der Waals surface area (Å²) < 4.78 is 1.83. The summed E-state index contributed by atoms with van der Waals surface area (Å²) in [7, 11) is 1.94. The van der Waals surface area contributed by atoms with Crippen molar-refractivity contribution in [2.24, 2.45) is 7.05 Å². The highest BCUT2D eigenvalue weighted by Gasteiger charge is 2.02. The van der Waals surface area contributed by atoms with Gasteiger partial charge >= 0.3 is 0 Å². The summed E-state index contributed by atoms with van der Waals surface area (Å²) in [6.07, 6.45) is 5.04. The van der Waals surface area contributed by atoms with Crippen LogP contribution < -0.4 is 0 Å². The molecule has 78 valence electrons. The minimum absolute atomic E-state index is 1.10. The van der Waals surface area contributed by atoms with E-state index in [-0.39, 0.29) is 0 Å². The summed E-state index contributed by atoms with van der Waals surface area (Å²) in [5.74, 6) is 0. The molecule has 0 atom stereocenters. The van der Waals surface area contributed by atoms with Crippen molar-refractivity contribution in [3.63, 3.8) is 0 Å². The molecule has 0 bridgehead atoms. The molecule has 0 fully saturated rings. The van der Waals surface area contributed by atoms with Crippen LogP contribution in [0.25, 0.3) is 11.1 Å². The predicted molar refractivity (Wildman–Crippen MR) is 62.8 cm³/mol. The van der Waals surface area contributed by atoms with Gasteiger partial charge in [0.25, 0.3) is 0 Å². The summed E-state index contributed by atoms with van der Waals surface area (Å²) in [5, 5.41) is 4.18. The van der Waals surface area contributed by atoms with Crippen molar-refractivity contribution in [2.45, 2.75) is 20.3 Å². The molecular weight excluding hydrogens is 184 g/mol. The third-order valence-corrected chi connectivity index (χ3v) is 2.76. The molecule has 1 aromatic heterocycles. The first kappa shape index (κ1) is 9.97. The first-order chi connectivity index (χ1) is 7.20. The Morgan fingerprint density at radius 3 is 2.60 bits per heavy atom. The molecule has 0 aliphatic carbocycles. The molecule has 0 radical (unpaired) electrons. The highest BCUT2D eigenvalue weighted by Crippen LogP contribution is 2.21. The van der Waals surface area contributed by atoms with Gasteiger partial charge in [-0.15, -0.1) is 0 Å². The van der Waals surface area contributed by atoms with E-state index in [2.05, 4.69) is 37.1 Å². The molecule has 0 spiro atoms. The second kappa shape index (κ2) is 3.89. The van der Waals surface area contributed by atoms with Crippen LogP contribution in [0, 0.1) is 6.92 Å². The molecule has 15 heavy (non-hydrogen) atoms. The molecule has 2 heteroatoms. The van der Waals surface area contributed by atoms with Gasteiger partial charge in [-0.25, -0.2) is 0 Å². The maximum absolute atomic E-state index is 4.18. The van der Waals surface area contributed by atoms with Gasteiger partial charge in [0.1, 0.15) is 0 Å². The van der Waals surface area contributed by atoms with Crippen LogP contribution in [0.15, 0.2) is 30.6 Å². The molecule has 0 aliphatic rings. The van der Waals surface area contributed by atoms with Gasteiger partial charge in [0.05, 0.1) is 6.20 Å². The van der Waals surface area contributed by atoms with E-state index in [0.29, 0.717) is 0 Å². The van der Waals surface area contributed by atoms with Crippen molar-refractivity contribution in [3.8, 4) is 11.1 Å². The zero-order valence-corrected chi connectivity index (χ0v) is 9.49. The standard InChI is InChI=1S/C13H16N2/c1-4-11-5-6-12(7-10(11)2)13-8-14-15(3)9-13/h5-9H,4H2,1-3H3. The Morgan fingerprint density at radius 1 is 1.27 bits per heavy atom. The lowest BCUT2D eigenvalue weighted by Gasteiger charge is -2.04. The van der Waals surface area contributed by atoms with Crippen LogP contribution in [0.4, 0.5) is 0 Å². The Balaban J connectivity index is 2.42. The highest BCUT2D eigenvalue weighted by molar-refractivity contribution is 5.63. The number of hydrogen-bond acceptors (Lipinski definition) is 1. The second-order valence-electron chi connectivity index (χ2n) is 3.90. The molecule has 2 nitrogen and oxygen atoms in total. The predicted octanol–water partition coefficient (Wildman–Crippen LogP) is 2.96. The first-order valence-corrected chi connectivity index (χ1v) is 5.29. The Hall–Kier alpha value is -1.57. The van der Waals surface area contributed by atoms with Crippen molar-refractivity contribution in [1.29, 1.82) is 0 Å². The maximum Gasteiger partial charge on any atom is 0.0568 e. The normalized spacial score (nSPS) is 10.6. The van der Waals surface area contributed by atoms with E-state index in [1.165, 1.54) is 22.3 Å². The van der Waals surface area contributed by atoms with Crippen LogP contribution >= 0.6 is 0 Å². The average Bonchev–Trinajstić information content (AvgIpc) is 2.65. The van der Waals surface area contributed by atoms with Crippen LogP contribution in [0.3, 0.4) is 0 Å². The van der Waals surface area contributed by atoms with Gasteiger partial charge in [0.2, 0.25) is 0 Å². The number of aryl methyl sites for hydroxylation is 3. The third-order valence-electron chi connectivity index (χ3n) is 2.76. The fraction of sp³-hybridized carbons (Fsp3) is 0.308. The van der Waals surface area contributed by atoms with Crippen molar-refractivity contribution in [1.82, 2.24) is 9.78 Å². The summed E-state index contributed by atoms with van der Waals surface area (Å²) in [6, 6.07) is 6.61. The summed E-state index contributed by atoms with van der Waals surface area (Å²) in [4.78, 5) is 0. The topological polar surface area (TPSA) is 17.8 Å². The Morgan fingerprint density at radius 2 is 2.07 bits per heavy atom. The molecule has 0 N–H and O–H groups in total. The van der Waals surface area contributed by atoms with E-state index in [9.17, 15) is 0 Å². The molecule has 0 aliphatic heterocycles. The Bertz CT molecular complexity index is 469. The molecule has 2 rings (SSSR count). The second-order valence-corrected chi connectivity index (χ2v) is 3.90. The maximum atomic E-state index is 4.18. The van der Waals surface area contributed by atoms with Gasteiger partial charge in [0.15, 0.2) is 0 Å². The van der Waals surface area contributed by atoms with E-state index >= 15 is 0 Å². The lowest BCUT2D eigenvalue weighted by molar-refractivity contribution is 0.768. The lowest BCUT2D eigenvalue weighted by atomic mass is 10.0. The van der Waals surface area contributed by atoms with Gasteiger partial charge in [-0.2, -0.15) is 5.10 Å².